The van der Waals surface area contributed by atoms with Crippen LogP contribution in [0.1, 0.15) is 16.7 Å². The van der Waals surface area contributed by atoms with Crippen molar-refractivity contribution in [2.45, 2.75) is 24.9 Å². The molecule has 8 heteroatoms. The second-order valence-corrected chi connectivity index (χ2v) is 7.79. The molecule has 3 amide bonds. The van der Waals surface area contributed by atoms with Crippen LogP contribution in [0, 0.1) is 6.92 Å². The van der Waals surface area contributed by atoms with E-state index in [9.17, 15) is 22.8 Å². The molecule has 2 aromatic rings. The monoisotopic (exact) mass is 417 g/mol. The molecule has 0 saturated heterocycles. The van der Waals surface area contributed by atoms with E-state index in [1.54, 1.807) is 42.7 Å². The average Bonchev–Trinajstić information content (AvgIpc) is 3.16. The fraction of sp³-hybridized carbons (Fsp3) is 0.190. The zero-order valence-electron chi connectivity index (χ0n) is 15.3. The molecule has 4 rings (SSSR count). The Balaban J connectivity index is 1.77. The molecule has 2 aliphatic heterocycles. The third-order valence-electron chi connectivity index (χ3n) is 4.85. The van der Waals surface area contributed by atoms with E-state index in [4.69, 9.17) is 0 Å². The van der Waals surface area contributed by atoms with Crippen LogP contribution >= 0.6 is 11.8 Å². The van der Waals surface area contributed by atoms with Crippen LogP contribution in [0.5, 0.6) is 0 Å². The third-order valence-corrected chi connectivity index (χ3v) is 5.86. The van der Waals surface area contributed by atoms with E-state index >= 15 is 0 Å². The smallest absolute Gasteiger partial charge is 0.244 e. The Morgan fingerprint density at radius 1 is 1.10 bits per heavy atom. The fourth-order valence-electron chi connectivity index (χ4n) is 3.43. The molecular weight excluding hydrogens is 401 g/mol. The minimum Gasteiger partial charge on any atom is -0.244 e. The molecule has 0 bridgehead atoms. The van der Waals surface area contributed by atoms with E-state index in [2.05, 4.69) is 0 Å². The van der Waals surface area contributed by atoms with Crippen molar-refractivity contribution in [3.63, 3.8) is 0 Å². The summed E-state index contributed by atoms with van der Waals surface area (Å²) in [6, 6.07) is 11.3. The summed E-state index contributed by atoms with van der Waals surface area (Å²) in [5, 5.41) is 1.13. The van der Waals surface area contributed by atoms with Crippen molar-refractivity contribution >= 4 is 35.1 Å². The second kappa shape index (κ2) is 7.18. The number of imide groups is 1. The Morgan fingerprint density at radius 3 is 2.59 bits per heavy atom. The van der Waals surface area contributed by atoms with Gasteiger partial charge in [0.1, 0.15) is 17.9 Å². The Kier molecular flexibility index (Phi) is 4.82. The topological polar surface area (TPSA) is 40.4 Å². The molecule has 0 radical (unpaired) electrons. The number of halogens is 3. The van der Waals surface area contributed by atoms with Crippen LogP contribution in [-0.2, 0) is 17.5 Å². The highest BCUT2D eigenvalue weighted by Gasteiger charge is 2.50. The van der Waals surface area contributed by atoms with Crippen LogP contribution in [0.15, 0.2) is 60.0 Å². The first-order chi connectivity index (χ1) is 13.8. The summed E-state index contributed by atoms with van der Waals surface area (Å²) in [4.78, 5) is 27.4. The maximum absolute atomic E-state index is 13.3. The van der Waals surface area contributed by atoms with Crippen molar-refractivity contribution in [2.24, 2.45) is 0 Å². The van der Waals surface area contributed by atoms with E-state index in [1.807, 2.05) is 6.07 Å². The predicted molar refractivity (Wildman–Crippen MR) is 105 cm³/mol. The number of fused-ring (bicyclic) bond motifs is 1. The predicted octanol–water partition coefficient (Wildman–Crippen LogP) is 4.76. The summed E-state index contributed by atoms with van der Waals surface area (Å²) in [6.45, 7) is 1.74. The molecule has 0 spiro atoms. The number of rotatable bonds is 3. The van der Waals surface area contributed by atoms with Gasteiger partial charge in [-0.1, -0.05) is 30.3 Å². The van der Waals surface area contributed by atoms with Crippen molar-refractivity contribution in [3.8, 4) is 0 Å². The second-order valence-electron chi connectivity index (χ2n) is 6.77. The van der Waals surface area contributed by atoms with Crippen molar-refractivity contribution in [2.75, 3.05) is 4.90 Å². The molecule has 2 aliphatic rings. The molecule has 0 N–H and O–H groups in total. The molecule has 0 aromatic heterocycles. The standard InChI is InChI=1S/C21H16F3N2O2S/c1-13-5-2-3-8-16(13)26-19(27)18-17(9-10-29-18)25(20(26)28)12-14-6-4-7-15(11-14)21(22,23)24/h2-11,18H,12H2,1H3/q+1. The number of alkyl halides is 3. The van der Waals surface area contributed by atoms with Gasteiger partial charge in [-0.05, 0) is 47.7 Å². The number of hydrogen-bond donors (Lipinski definition) is 0. The third kappa shape index (κ3) is 3.48. The van der Waals surface area contributed by atoms with E-state index in [-0.39, 0.29) is 12.5 Å². The van der Waals surface area contributed by atoms with Crippen LogP contribution in [0.4, 0.5) is 23.7 Å². The summed E-state index contributed by atoms with van der Waals surface area (Å²) in [6.07, 6.45) is -2.79. The number of anilines is 1. The quantitative estimate of drug-likeness (QED) is 0.676. The molecule has 29 heavy (non-hydrogen) atoms. The number of thioether (sulfide) groups is 1. The highest BCUT2D eigenvalue weighted by atomic mass is 32.2. The van der Waals surface area contributed by atoms with Gasteiger partial charge in [-0.15, -0.1) is 16.7 Å². The number of urea groups is 1. The van der Waals surface area contributed by atoms with Crippen LogP contribution in [0.3, 0.4) is 0 Å². The number of benzene rings is 2. The minimum atomic E-state index is -4.47. The van der Waals surface area contributed by atoms with Gasteiger partial charge in [0.05, 0.1) is 5.56 Å². The normalized spacial score (nSPS) is 19.2. The lowest BCUT2D eigenvalue weighted by Crippen LogP contribution is -2.55. The van der Waals surface area contributed by atoms with Gasteiger partial charge in [0.25, 0.3) is 0 Å². The Labute approximate surface area is 169 Å². The van der Waals surface area contributed by atoms with Crippen molar-refractivity contribution in [1.82, 2.24) is 0 Å². The van der Waals surface area contributed by atoms with Gasteiger partial charge >= 0.3 is 18.1 Å². The number of allylic oxidation sites excluding steroid dienone is 1. The number of nitrogens with zero attached hydrogens (tertiary/aromatic N) is 2. The molecule has 4 nitrogen and oxygen atoms in total. The molecule has 148 valence electrons. The van der Waals surface area contributed by atoms with Crippen molar-refractivity contribution in [3.05, 3.63) is 76.7 Å². The maximum atomic E-state index is 13.3. The van der Waals surface area contributed by atoms with Gasteiger partial charge in [-0.3, -0.25) is 0 Å². The fourth-order valence-corrected chi connectivity index (χ4v) is 4.37. The van der Waals surface area contributed by atoms with Crippen LogP contribution in [0.2, 0.25) is 0 Å². The van der Waals surface area contributed by atoms with Gasteiger partial charge in [-0.2, -0.15) is 22.5 Å². The number of carbonyl (C=O) groups is 2. The Bertz CT molecular complexity index is 1080. The molecule has 1 atom stereocenters. The molecule has 2 heterocycles. The number of aryl methyl sites for hydroxylation is 1. The lowest BCUT2D eigenvalue weighted by atomic mass is 10.1. The molecule has 1 unspecified atom stereocenters. The Hall–Kier alpha value is -2.87. The van der Waals surface area contributed by atoms with Crippen molar-refractivity contribution < 1.29 is 27.3 Å². The zero-order chi connectivity index (χ0) is 20.8. The van der Waals surface area contributed by atoms with E-state index in [0.717, 1.165) is 22.6 Å². The highest BCUT2D eigenvalue weighted by Crippen LogP contribution is 2.33. The van der Waals surface area contributed by atoms with Crippen molar-refractivity contribution in [1.29, 1.82) is 0 Å². The van der Waals surface area contributed by atoms with Crippen LogP contribution in [-0.4, -0.2) is 27.5 Å². The summed E-state index contributed by atoms with van der Waals surface area (Å²) >= 11 is 1.28. The highest BCUT2D eigenvalue weighted by molar-refractivity contribution is 8.04. The number of amides is 3. The van der Waals surface area contributed by atoms with E-state index in [1.165, 1.54) is 22.4 Å². The largest absolute Gasteiger partial charge is 0.506 e. The van der Waals surface area contributed by atoms with Gasteiger partial charge in [0, 0.05) is 0 Å². The van der Waals surface area contributed by atoms with Gasteiger partial charge in [0.2, 0.25) is 0 Å². The number of hydrogen-bond acceptors (Lipinski definition) is 3. The first-order valence-corrected chi connectivity index (χ1v) is 9.78. The lowest BCUT2D eigenvalue weighted by Gasteiger charge is -2.25. The van der Waals surface area contributed by atoms with E-state index in [0.29, 0.717) is 17.0 Å². The lowest BCUT2D eigenvalue weighted by molar-refractivity contribution is -0.444. The number of para-hydroxylation sites is 1. The van der Waals surface area contributed by atoms with Crippen LogP contribution in [0.25, 0.3) is 0 Å². The average molecular weight is 417 g/mol. The summed E-state index contributed by atoms with van der Waals surface area (Å²) in [7, 11) is 0. The first-order valence-electron chi connectivity index (χ1n) is 8.83. The Morgan fingerprint density at radius 2 is 1.86 bits per heavy atom. The zero-order valence-corrected chi connectivity index (χ0v) is 16.1. The van der Waals surface area contributed by atoms with Gasteiger partial charge in [0.15, 0.2) is 5.25 Å². The summed E-state index contributed by atoms with van der Waals surface area (Å²) < 4.78 is 40.6. The molecular formula is C21H16F3N2O2S+. The summed E-state index contributed by atoms with van der Waals surface area (Å²) in [5.41, 5.74) is 1.29. The molecule has 0 saturated carbocycles. The maximum Gasteiger partial charge on any atom is 0.506 e. The van der Waals surface area contributed by atoms with E-state index < -0.39 is 23.0 Å². The van der Waals surface area contributed by atoms with Gasteiger partial charge in [-0.25, -0.2) is 4.79 Å². The SMILES string of the molecule is Cc1ccccc1N1C(=O)C2SC=CC2=[N+](Cc2cccc(C(F)(F)F)c2)C1=O. The molecule has 0 aliphatic carbocycles. The first kappa shape index (κ1) is 19.4. The minimum absolute atomic E-state index is 0.0604. The molecule has 0 fully saturated rings. The number of carbonyl (C=O) groups excluding carboxylic acids is 2. The van der Waals surface area contributed by atoms with Gasteiger partial charge < -0.3 is 0 Å². The van der Waals surface area contributed by atoms with Crippen LogP contribution < -0.4 is 4.90 Å². The molecule has 2 aromatic carbocycles. The summed E-state index contributed by atoms with van der Waals surface area (Å²) in [5.74, 6) is -0.352.